The topological polar surface area (TPSA) is 29.5 Å². The summed E-state index contributed by atoms with van der Waals surface area (Å²) in [5.41, 5.74) is 15.4. The van der Waals surface area contributed by atoms with Gasteiger partial charge in [-0.2, -0.15) is 0 Å². The van der Waals surface area contributed by atoms with Crippen molar-refractivity contribution >= 4 is 66.8 Å². The van der Waals surface area contributed by atoms with Crippen molar-refractivity contribution in [2.75, 3.05) is 4.90 Å². The fraction of sp³-hybridized carbons (Fsp3) is 0.0508. The van der Waals surface area contributed by atoms with E-state index >= 15 is 0 Å². The maximum atomic E-state index is 6.59. The van der Waals surface area contributed by atoms with E-state index in [0.29, 0.717) is 0 Å². The molecular weight excluding hydrogens is 755 g/mol. The smallest absolute Gasteiger partial charge is 0.136 e. The molecule has 2 heterocycles. The number of allylic oxidation sites excluding steroid dienone is 1. The van der Waals surface area contributed by atoms with Crippen molar-refractivity contribution in [3.63, 3.8) is 0 Å². The molecule has 2 atom stereocenters. The first-order chi connectivity index (χ1) is 30.6. The van der Waals surface area contributed by atoms with Crippen molar-refractivity contribution in [3.05, 3.63) is 229 Å². The summed E-state index contributed by atoms with van der Waals surface area (Å²) in [5, 5.41) is 5.92. The van der Waals surface area contributed by atoms with Crippen molar-refractivity contribution in [2.24, 2.45) is 5.92 Å². The number of para-hydroxylation sites is 3. The van der Waals surface area contributed by atoms with Crippen LogP contribution in [0.4, 0.5) is 17.1 Å². The van der Waals surface area contributed by atoms with Gasteiger partial charge >= 0.3 is 0 Å². The van der Waals surface area contributed by atoms with Crippen LogP contribution in [0.5, 0.6) is 0 Å². The summed E-state index contributed by atoms with van der Waals surface area (Å²) in [7, 11) is 0. The van der Waals surface area contributed by atoms with Crippen LogP contribution in [0, 0.1) is 5.92 Å². The number of hydrogen-bond acceptors (Lipinski definition) is 3. The molecule has 3 nitrogen and oxygen atoms in total. The van der Waals surface area contributed by atoms with Crippen molar-refractivity contribution in [1.29, 1.82) is 0 Å². The minimum absolute atomic E-state index is 0.109. The van der Waals surface area contributed by atoms with Crippen LogP contribution < -0.4 is 4.90 Å². The van der Waals surface area contributed by atoms with Crippen LogP contribution in [0.25, 0.3) is 83.1 Å². The number of rotatable bonds is 7. The Morgan fingerprint density at radius 1 is 0.419 bits per heavy atom. The molecule has 0 N–H and O–H groups in total. The van der Waals surface area contributed by atoms with Gasteiger partial charge in [-0.3, -0.25) is 0 Å². The minimum Gasteiger partial charge on any atom is -0.460 e. The highest BCUT2D eigenvalue weighted by Crippen LogP contribution is 2.46. The lowest BCUT2D eigenvalue weighted by molar-refractivity contribution is 0.469. The first-order valence-electron chi connectivity index (χ1n) is 21.4. The van der Waals surface area contributed by atoms with E-state index in [0.717, 1.165) is 72.6 Å². The standard InChI is InChI=1S/C59H41NO2/c1-38-24-34-53-51-19-6-9-23-56(51)62-59(53)58(38)41-27-32-46(33-28-41)60(45-30-25-39(26-31-45)42-29-35-52-50-18-5-8-22-55(50)61-57(52)37-42)54-21-7-4-17-49(54)44-15-10-14-43(36-44)48-20-11-13-40-12-2-3-16-47(40)48/h2-38,58H,1H3. The van der Waals surface area contributed by atoms with Gasteiger partial charge in [0.2, 0.25) is 0 Å². The predicted octanol–water partition coefficient (Wildman–Crippen LogP) is 16.8. The van der Waals surface area contributed by atoms with Gasteiger partial charge in [0.05, 0.1) is 5.69 Å². The molecule has 12 rings (SSSR count). The molecule has 11 aromatic rings. The van der Waals surface area contributed by atoms with E-state index in [1.807, 2.05) is 18.2 Å². The van der Waals surface area contributed by atoms with Crippen molar-refractivity contribution < 1.29 is 8.83 Å². The van der Waals surface area contributed by atoms with Crippen LogP contribution in [0.3, 0.4) is 0 Å². The van der Waals surface area contributed by atoms with Gasteiger partial charge in [0.15, 0.2) is 0 Å². The second-order valence-corrected chi connectivity index (χ2v) is 16.5. The maximum Gasteiger partial charge on any atom is 0.136 e. The molecule has 62 heavy (non-hydrogen) atoms. The monoisotopic (exact) mass is 795 g/mol. The quantitative estimate of drug-likeness (QED) is 0.161. The van der Waals surface area contributed by atoms with Crippen LogP contribution in [0.15, 0.2) is 221 Å². The molecule has 0 spiro atoms. The lowest BCUT2D eigenvalue weighted by atomic mass is 9.80. The lowest BCUT2D eigenvalue weighted by Gasteiger charge is -2.29. The highest BCUT2D eigenvalue weighted by molar-refractivity contribution is 6.06. The fourth-order valence-corrected chi connectivity index (χ4v) is 9.75. The third-order valence-electron chi connectivity index (χ3n) is 12.8. The zero-order valence-corrected chi connectivity index (χ0v) is 34.2. The molecule has 0 aliphatic heterocycles. The van der Waals surface area contributed by atoms with Crippen molar-refractivity contribution in [2.45, 2.75) is 12.8 Å². The SMILES string of the molecule is CC1C=Cc2c(oc3ccccc23)C1c1ccc(N(c2ccc(-c3ccc4c(c3)oc3ccccc34)cc2)c2ccccc2-c2cccc(-c3cccc4ccccc34)c2)cc1. The Hall–Kier alpha value is -7.88. The summed E-state index contributed by atoms with van der Waals surface area (Å²) in [6.07, 6.45) is 4.56. The average molecular weight is 796 g/mol. The van der Waals surface area contributed by atoms with Gasteiger partial charge in [-0.05, 0) is 111 Å². The number of benzene rings is 9. The van der Waals surface area contributed by atoms with Crippen LogP contribution in [-0.2, 0) is 0 Å². The molecule has 1 aliphatic carbocycles. The molecule has 0 radical (unpaired) electrons. The van der Waals surface area contributed by atoms with Gasteiger partial charge < -0.3 is 13.7 Å². The second kappa shape index (κ2) is 14.7. The third-order valence-corrected chi connectivity index (χ3v) is 12.8. The fourth-order valence-electron chi connectivity index (χ4n) is 9.75. The summed E-state index contributed by atoms with van der Waals surface area (Å²) in [4.78, 5) is 2.40. The van der Waals surface area contributed by atoms with Gasteiger partial charge in [-0.1, -0.05) is 165 Å². The van der Waals surface area contributed by atoms with Crippen LogP contribution in [-0.4, -0.2) is 0 Å². The van der Waals surface area contributed by atoms with Gasteiger partial charge in [0.25, 0.3) is 0 Å². The summed E-state index contributed by atoms with van der Waals surface area (Å²) < 4.78 is 12.9. The largest absolute Gasteiger partial charge is 0.460 e. The number of anilines is 3. The summed E-state index contributed by atoms with van der Waals surface area (Å²) in [6, 6.07) is 74.2. The summed E-state index contributed by atoms with van der Waals surface area (Å²) in [5.74, 6) is 1.43. The Balaban J connectivity index is 0.968. The normalized spacial score (nSPS) is 14.8. The van der Waals surface area contributed by atoms with Crippen molar-refractivity contribution in [1.82, 2.24) is 0 Å². The molecule has 2 unspecified atom stereocenters. The van der Waals surface area contributed by atoms with E-state index in [2.05, 4.69) is 212 Å². The predicted molar refractivity (Wildman–Crippen MR) is 258 cm³/mol. The molecule has 0 saturated heterocycles. The van der Waals surface area contributed by atoms with Gasteiger partial charge in [0, 0.05) is 44.6 Å². The van der Waals surface area contributed by atoms with E-state index in [1.165, 1.54) is 38.4 Å². The van der Waals surface area contributed by atoms with E-state index in [9.17, 15) is 0 Å². The van der Waals surface area contributed by atoms with Crippen LogP contribution in [0.2, 0.25) is 0 Å². The Morgan fingerprint density at radius 3 is 1.84 bits per heavy atom. The Labute approximate surface area is 360 Å². The molecule has 0 fully saturated rings. The van der Waals surface area contributed by atoms with Crippen LogP contribution >= 0.6 is 0 Å². The molecule has 3 heteroatoms. The first-order valence-corrected chi connectivity index (χ1v) is 21.4. The second-order valence-electron chi connectivity index (χ2n) is 16.5. The highest BCUT2D eigenvalue weighted by Gasteiger charge is 2.30. The third kappa shape index (κ3) is 6.04. The number of nitrogens with zero attached hydrogens (tertiary/aromatic N) is 1. The zero-order chi connectivity index (χ0) is 41.1. The minimum atomic E-state index is 0.109. The number of furan rings is 2. The Morgan fingerprint density at radius 2 is 1.02 bits per heavy atom. The molecule has 1 aliphatic rings. The number of fused-ring (bicyclic) bond motifs is 7. The van der Waals surface area contributed by atoms with E-state index in [4.69, 9.17) is 8.83 Å². The molecule has 9 aromatic carbocycles. The molecule has 0 amide bonds. The summed E-state index contributed by atoms with van der Waals surface area (Å²) in [6.45, 7) is 2.29. The molecule has 0 saturated carbocycles. The lowest BCUT2D eigenvalue weighted by Crippen LogP contribution is -2.14. The summed E-state index contributed by atoms with van der Waals surface area (Å²) >= 11 is 0. The van der Waals surface area contributed by atoms with Gasteiger partial charge in [-0.15, -0.1) is 0 Å². The molecular formula is C59H41NO2. The Kier molecular flexibility index (Phi) is 8.53. The van der Waals surface area contributed by atoms with E-state index in [1.54, 1.807) is 0 Å². The van der Waals surface area contributed by atoms with E-state index < -0.39 is 0 Å². The Bertz CT molecular complexity index is 3490. The maximum absolute atomic E-state index is 6.59. The number of hydrogen-bond donors (Lipinski definition) is 0. The zero-order valence-electron chi connectivity index (χ0n) is 34.2. The average Bonchev–Trinajstić information content (AvgIpc) is 3.90. The first kappa shape index (κ1) is 36.0. The van der Waals surface area contributed by atoms with Gasteiger partial charge in [-0.25, -0.2) is 0 Å². The van der Waals surface area contributed by atoms with Crippen LogP contribution in [0.1, 0.15) is 29.7 Å². The molecule has 0 bridgehead atoms. The molecule has 2 aromatic heterocycles. The van der Waals surface area contributed by atoms with Gasteiger partial charge in [0.1, 0.15) is 22.5 Å². The van der Waals surface area contributed by atoms with Crippen molar-refractivity contribution in [3.8, 4) is 33.4 Å². The highest BCUT2D eigenvalue weighted by atomic mass is 16.3. The molecule has 294 valence electrons. The van der Waals surface area contributed by atoms with E-state index in [-0.39, 0.29) is 11.8 Å².